The molecule has 0 spiro atoms. The maximum atomic E-state index is 13.1. The van der Waals surface area contributed by atoms with Gasteiger partial charge in [0, 0.05) is 22.0 Å². The molecule has 0 aliphatic heterocycles. The van der Waals surface area contributed by atoms with Gasteiger partial charge in [-0.15, -0.1) is 0 Å². The van der Waals surface area contributed by atoms with Crippen LogP contribution in [0.2, 0.25) is 0 Å². The standard InChI is InChI=1S/C22H21BrN4O6/c1-12(2)20-25-17-7-6-15(23)10-16(17)21(28)26(20)24-11-14-5-8-19(18(9-14)27(30)31)33-13(3)22(29)32-4/h5-13H,1-4H3/t13-/m0/s1. The number of nitro benzene ring substituents is 1. The van der Waals surface area contributed by atoms with E-state index < -0.39 is 17.0 Å². The van der Waals surface area contributed by atoms with Crippen molar-refractivity contribution in [2.45, 2.75) is 32.8 Å². The van der Waals surface area contributed by atoms with Crippen molar-refractivity contribution in [1.82, 2.24) is 9.66 Å². The van der Waals surface area contributed by atoms with Gasteiger partial charge >= 0.3 is 11.7 Å². The maximum absolute atomic E-state index is 13.1. The third-order valence-corrected chi connectivity index (χ3v) is 5.18. The number of nitrogens with zero attached hydrogens (tertiary/aromatic N) is 4. The molecule has 33 heavy (non-hydrogen) atoms. The van der Waals surface area contributed by atoms with Crippen LogP contribution in [0.3, 0.4) is 0 Å². The lowest BCUT2D eigenvalue weighted by atomic mass is 10.2. The molecular formula is C22H21BrN4O6. The van der Waals surface area contributed by atoms with Crippen molar-refractivity contribution in [2.24, 2.45) is 5.10 Å². The summed E-state index contributed by atoms with van der Waals surface area (Å²) in [6, 6.07) is 9.35. The van der Waals surface area contributed by atoms with Crippen LogP contribution < -0.4 is 10.3 Å². The van der Waals surface area contributed by atoms with Gasteiger partial charge in [0.15, 0.2) is 11.9 Å². The molecule has 0 saturated heterocycles. The molecule has 0 saturated carbocycles. The lowest BCUT2D eigenvalue weighted by Gasteiger charge is -2.13. The van der Waals surface area contributed by atoms with E-state index in [2.05, 4.69) is 30.8 Å². The van der Waals surface area contributed by atoms with Crippen molar-refractivity contribution in [1.29, 1.82) is 0 Å². The number of hydrogen-bond acceptors (Lipinski definition) is 8. The van der Waals surface area contributed by atoms with E-state index >= 15 is 0 Å². The Bertz CT molecular complexity index is 1320. The number of nitro groups is 1. The van der Waals surface area contributed by atoms with Crippen molar-refractivity contribution in [3.63, 3.8) is 0 Å². The van der Waals surface area contributed by atoms with Gasteiger partial charge in [-0.05, 0) is 37.3 Å². The summed E-state index contributed by atoms with van der Waals surface area (Å²) in [5.41, 5.74) is 0.195. The fourth-order valence-corrected chi connectivity index (χ4v) is 3.40. The number of hydrogen-bond donors (Lipinski definition) is 0. The molecular weight excluding hydrogens is 496 g/mol. The van der Waals surface area contributed by atoms with Crippen molar-refractivity contribution >= 4 is 44.7 Å². The maximum Gasteiger partial charge on any atom is 0.346 e. The van der Waals surface area contributed by atoms with Gasteiger partial charge < -0.3 is 9.47 Å². The van der Waals surface area contributed by atoms with E-state index in [0.29, 0.717) is 22.3 Å². The fraction of sp³-hybridized carbons (Fsp3) is 0.273. The predicted octanol–water partition coefficient (Wildman–Crippen LogP) is 4.01. The highest BCUT2D eigenvalue weighted by Gasteiger charge is 2.22. The van der Waals surface area contributed by atoms with E-state index in [1.54, 1.807) is 18.2 Å². The summed E-state index contributed by atoms with van der Waals surface area (Å²) in [4.78, 5) is 40.1. The Labute approximate surface area is 197 Å². The lowest BCUT2D eigenvalue weighted by Crippen LogP contribution is -2.25. The van der Waals surface area contributed by atoms with E-state index in [-0.39, 0.29) is 22.9 Å². The molecule has 0 bridgehead atoms. The smallest absolute Gasteiger partial charge is 0.346 e. The summed E-state index contributed by atoms with van der Waals surface area (Å²) < 4.78 is 11.9. The van der Waals surface area contributed by atoms with Gasteiger partial charge in [0.25, 0.3) is 5.56 Å². The van der Waals surface area contributed by atoms with Gasteiger partial charge in [-0.1, -0.05) is 29.8 Å². The Hall–Kier alpha value is -3.60. The minimum atomic E-state index is -1.02. The molecule has 3 aromatic rings. The molecule has 0 fully saturated rings. The molecule has 0 N–H and O–H groups in total. The molecule has 0 aliphatic carbocycles. The summed E-state index contributed by atoms with van der Waals surface area (Å²) in [6.07, 6.45) is 0.308. The average Bonchev–Trinajstić information content (AvgIpc) is 2.78. The Morgan fingerprint density at radius 3 is 2.61 bits per heavy atom. The molecule has 1 aromatic heterocycles. The van der Waals surface area contributed by atoms with E-state index in [4.69, 9.17) is 4.74 Å². The van der Waals surface area contributed by atoms with Gasteiger partial charge in [0.1, 0.15) is 5.82 Å². The highest BCUT2D eigenvalue weighted by atomic mass is 79.9. The Kier molecular flexibility index (Phi) is 7.22. The van der Waals surface area contributed by atoms with Crippen LogP contribution in [0.4, 0.5) is 5.69 Å². The molecule has 1 atom stereocenters. The number of methoxy groups -OCH3 is 1. The van der Waals surface area contributed by atoms with E-state index in [1.165, 1.54) is 43.1 Å². The predicted molar refractivity (Wildman–Crippen MR) is 126 cm³/mol. The quantitative estimate of drug-likeness (QED) is 0.201. The molecule has 3 rings (SSSR count). The second kappa shape index (κ2) is 9.90. The number of esters is 1. The first kappa shape index (κ1) is 24.1. The summed E-state index contributed by atoms with van der Waals surface area (Å²) in [6.45, 7) is 5.20. The van der Waals surface area contributed by atoms with Crippen LogP contribution in [-0.4, -0.2) is 40.0 Å². The van der Waals surface area contributed by atoms with E-state index in [9.17, 15) is 19.7 Å². The van der Waals surface area contributed by atoms with Crippen LogP contribution in [-0.2, 0) is 9.53 Å². The number of carbonyl (C=O) groups is 1. The normalized spacial score (nSPS) is 12.3. The highest BCUT2D eigenvalue weighted by molar-refractivity contribution is 9.10. The number of carbonyl (C=O) groups excluding carboxylic acids is 1. The lowest BCUT2D eigenvalue weighted by molar-refractivity contribution is -0.386. The molecule has 0 radical (unpaired) electrons. The average molecular weight is 517 g/mol. The van der Waals surface area contributed by atoms with Gasteiger partial charge in [0.05, 0.1) is 29.2 Å². The zero-order valence-electron chi connectivity index (χ0n) is 18.3. The van der Waals surface area contributed by atoms with Crippen LogP contribution in [0.5, 0.6) is 5.75 Å². The zero-order valence-corrected chi connectivity index (χ0v) is 19.9. The molecule has 172 valence electrons. The molecule has 0 amide bonds. The third kappa shape index (κ3) is 5.25. The van der Waals surface area contributed by atoms with Crippen LogP contribution in [0.15, 0.2) is 50.8 Å². The first-order valence-corrected chi connectivity index (χ1v) is 10.7. The van der Waals surface area contributed by atoms with Crippen LogP contribution in [0.25, 0.3) is 10.9 Å². The number of benzene rings is 2. The zero-order chi connectivity index (χ0) is 24.3. The van der Waals surface area contributed by atoms with Crippen LogP contribution in [0, 0.1) is 10.1 Å². The first-order chi connectivity index (χ1) is 15.6. The summed E-state index contributed by atoms with van der Waals surface area (Å²) in [7, 11) is 1.20. The van der Waals surface area contributed by atoms with Gasteiger partial charge in [0.2, 0.25) is 0 Å². The summed E-state index contributed by atoms with van der Waals surface area (Å²) in [5, 5.41) is 16.2. The van der Waals surface area contributed by atoms with Crippen molar-refractivity contribution in [3.8, 4) is 5.75 Å². The minimum absolute atomic E-state index is 0.0905. The van der Waals surface area contributed by atoms with Crippen LogP contribution in [0.1, 0.15) is 38.1 Å². The topological polar surface area (TPSA) is 126 Å². The van der Waals surface area contributed by atoms with Crippen molar-refractivity contribution in [2.75, 3.05) is 7.11 Å². The SMILES string of the molecule is COC(=O)[C@H](C)Oc1ccc(C=Nn2c(C(C)C)nc3ccc(Br)cc3c2=O)cc1[N+](=O)[O-]. The van der Waals surface area contributed by atoms with Gasteiger partial charge in [-0.2, -0.15) is 9.78 Å². The van der Waals surface area contributed by atoms with Gasteiger partial charge in [-0.3, -0.25) is 14.9 Å². The molecule has 1 heterocycles. The molecule has 0 unspecified atom stereocenters. The highest BCUT2D eigenvalue weighted by Crippen LogP contribution is 2.28. The number of fused-ring (bicyclic) bond motifs is 1. The molecule has 10 nitrogen and oxygen atoms in total. The number of halogens is 1. The Morgan fingerprint density at radius 2 is 1.97 bits per heavy atom. The second-order valence-electron chi connectivity index (χ2n) is 7.42. The van der Waals surface area contributed by atoms with Crippen molar-refractivity contribution < 1.29 is 19.2 Å². The van der Waals surface area contributed by atoms with Crippen molar-refractivity contribution in [3.05, 3.63) is 72.7 Å². The first-order valence-electron chi connectivity index (χ1n) is 9.91. The second-order valence-corrected chi connectivity index (χ2v) is 8.33. The molecule has 11 heteroatoms. The van der Waals surface area contributed by atoms with Crippen LogP contribution >= 0.6 is 15.9 Å². The number of rotatable bonds is 7. The van der Waals surface area contributed by atoms with E-state index in [0.717, 1.165) is 4.47 Å². The number of ether oxygens (including phenoxy) is 2. The monoisotopic (exact) mass is 516 g/mol. The Balaban J connectivity index is 2.04. The third-order valence-electron chi connectivity index (χ3n) is 4.69. The molecule has 2 aromatic carbocycles. The summed E-state index contributed by atoms with van der Waals surface area (Å²) in [5.74, 6) is -0.404. The van der Waals surface area contributed by atoms with E-state index in [1.807, 2.05) is 13.8 Å². The largest absolute Gasteiger partial charge is 0.472 e. The Morgan fingerprint density at radius 1 is 1.24 bits per heavy atom. The van der Waals surface area contributed by atoms with Gasteiger partial charge in [-0.25, -0.2) is 9.78 Å². The molecule has 0 aliphatic rings. The number of aromatic nitrogens is 2. The fourth-order valence-electron chi connectivity index (χ4n) is 3.04. The minimum Gasteiger partial charge on any atom is -0.472 e. The summed E-state index contributed by atoms with van der Waals surface area (Å²) >= 11 is 3.35.